The third-order valence-electron chi connectivity index (χ3n) is 3.60. The SMILES string of the molecule is C/C=C1\N(C)c2ccc(NC)cc2C1(C)C.CC.CC. The Morgan fingerprint density at radius 2 is 1.65 bits per heavy atom. The van der Waals surface area contributed by atoms with Crippen LogP contribution < -0.4 is 10.2 Å². The Bertz CT molecular complexity index is 445. The van der Waals surface area contributed by atoms with E-state index in [9.17, 15) is 0 Å². The first-order chi connectivity index (χ1) is 9.52. The van der Waals surface area contributed by atoms with Crippen molar-refractivity contribution in [2.75, 3.05) is 24.3 Å². The van der Waals surface area contributed by atoms with Crippen molar-refractivity contribution in [2.45, 2.75) is 53.9 Å². The fourth-order valence-corrected chi connectivity index (χ4v) is 2.73. The number of hydrogen-bond acceptors (Lipinski definition) is 2. The van der Waals surface area contributed by atoms with E-state index in [0.29, 0.717) is 0 Å². The molecule has 0 fully saturated rings. The van der Waals surface area contributed by atoms with Crippen molar-refractivity contribution in [3.8, 4) is 0 Å². The van der Waals surface area contributed by atoms with Crippen LogP contribution in [0.15, 0.2) is 30.0 Å². The van der Waals surface area contributed by atoms with Gasteiger partial charge in [0.05, 0.1) is 0 Å². The monoisotopic (exact) mass is 276 g/mol. The summed E-state index contributed by atoms with van der Waals surface area (Å²) in [5, 5.41) is 3.20. The van der Waals surface area contributed by atoms with Gasteiger partial charge in [0, 0.05) is 36.6 Å². The number of hydrogen-bond donors (Lipinski definition) is 1. The molecule has 114 valence electrons. The smallest absolute Gasteiger partial charge is 0.0449 e. The lowest BCUT2D eigenvalue weighted by atomic mass is 9.83. The molecule has 0 unspecified atom stereocenters. The molecular weight excluding hydrogens is 244 g/mol. The molecule has 1 aliphatic rings. The fourth-order valence-electron chi connectivity index (χ4n) is 2.73. The fraction of sp³-hybridized carbons (Fsp3) is 0.556. The van der Waals surface area contributed by atoms with Gasteiger partial charge in [-0.1, -0.05) is 47.6 Å². The third kappa shape index (κ3) is 3.17. The van der Waals surface area contributed by atoms with Crippen LogP contribution in [0.4, 0.5) is 11.4 Å². The van der Waals surface area contributed by atoms with Crippen molar-refractivity contribution >= 4 is 11.4 Å². The second-order valence-electron chi connectivity index (χ2n) is 4.84. The van der Waals surface area contributed by atoms with Gasteiger partial charge in [0.1, 0.15) is 0 Å². The maximum atomic E-state index is 3.20. The topological polar surface area (TPSA) is 15.3 Å². The molecule has 1 N–H and O–H groups in total. The summed E-state index contributed by atoms with van der Waals surface area (Å²) in [5.74, 6) is 0. The van der Waals surface area contributed by atoms with Crippen molar-refractivity contribution in [3.05, 3.63) is 35.5 Å². The molecule has 20 heavy (non-hydrogen) atoms. The van der Waals surface area contributed by atoms with Crippen LogP contribution in [0.2, 0.25) is 0 Å². The summed E-state index contributed by atoms with van der Waals surface area (Å²) < 4.78 is 0. The molecule has 0 saturated carbocycles. The summed E-state index contributed by atoms with van der Waals surface area (Å²) in [6.45, 7) is 14.7. The highest BCUT2D eigenvalue weighted by molar-refractivity contribution is 5.73. The molecule has 0 aliphatic carbocycles. The van der Waals surface area contributed by atoms with E-state index >= 15 is 0 Å². The molecule has 0 aromatic heterocycles. The lowest BCUT2D eigenvalue weighted by molar-refractivity contribution is 0.639. The van der Waals surface area contributed by atoms with Crippen molar-refractivity contribution in [3.63, 3.8) is 0 Å². The molecule has 0 radical (unpaired) electrons. The number of nitrogens with one attached hydrogen (secondary N) is 1. The average molecular weight is 276 g/mol. The van der Waals surface area contributed by atoms with Crippen LogP contribution in [-0.2, 0) is 5.41 Å². The number of rotatable bonds is 1. The van der Waals surface area contributed by atoms with Gasteiger partial charge >= 0.3 is 0 Å². The lowest BCUT2D eigenvalue weighted by Crippen LogP contribution is -2.22. The van der Waals surface area contributed by atoms with Crippen LogP contribution in [-0.4, -0.2) is 14.1 Å². The quantitative estimate of drug-likeness (QED) is 0.737. The molecule has 0 bridgehead atoms. The number of benzene rings is 1. The van der Waals surface area contributed by atoms with Gasteiger partial charge in [-0.2, -0.15) is 0 Å². The first kappa shape index (κ1) is 18.6. The van der Waals surface area contributed by atoms with Crippen LogP contribution >= 0.6 is 0 Å². The van der Waals surface area contributed by atoms with Crippen molar-refractivity contribution in [1.82, 2.24) is 0 Å². The summed E-state index contributed by atoms with van der Waals surface area (Å²) in [4.78, 5) is 2.29. The minimum absolute atomic E-state index is 0.103. The van der Waals surface area contributed by atoms with E-state index < -0.39 is 0 Å². The van der Waals surface area contributed by atoms with Crippen molar-refractivity contribution in [1.29, 1.82) is 0 Å². The standard InChI is InChI=1S/C14H20N2.2C2H6/c1-6-13-14(2,3)11-9-10(15-4)7-8-12(11)16(13)5;2*1-2/h6-9,15H,1-5H3;2*1-2H3/b13-6-;;. The number of nitrogens with zero attached hydrogens (tertiary/aromatic N) is 1. The first-order valence-corrected chi connectivity index (χ1v) is 7.75. The van der Waals surface area contributed by atoms with E-state index in [-0.39, 0.29) is 5.41 Å². The van der Waals surface area contributed by atoms with Crippen molar-refractivity contribution < 1.29 is 0 Å². The highest BCUT2D eigenvalue weighted by Gasteiger charge is 2.37. The Morgan fingerprint density at radius 3 is 2.10 bits per heavy atom. The van der Waals surface area contributed by atoms with Crippen LogP contribution in [0, 0.1) is 0 Å². The molecule has 1 aromatic carbocycles. The summed E-state index contributed by atoms with van der Waals surface area (Å²) in [6, 6.07) is 6.58. The molecule has 1 aromatic rings. The van der Waals surface area contributed by atoms with Crippen molar-refractivity contribution in [2.24, 2.45) is 0 Å². The second kappa shape index (κ2) is 7.98. The highest BCUT2D eigenvalue weighted by atomic mass is 15.2. The van der Waals surface area contributed by atoms with E-state index in [2.05, 4.69) is 62.3 Å². The number of anilines is 2. The maximum absolute atomic E-state index is 3.20. The highest BCUT2D eigenvalue weighted by Crippen LogP contribution is 2.47. The molecule has 2 nitrogen and oxygen atoms in total. The lowest BCUT2D eigenvalue weighted by Gasteiger charge is -2.23. The second-order valence-corrected chi connectivity index (χ2v) is 4.84. The summed E-state index contributed by atoms with van der Waals surface area (Å²) in [5.41, 5.74) is 5.37. The minimum atomic E-state index is 0.103. The zero-order valence-electron chi connectivity index (χ0n) is 14.8. The molecule has 0 atom stereocenters. The van der Waals surface area contributed by atoms with E-state index in [1.807, 2.05) is 34.7 Å². The van der Waals surface area contributed by atoms with E-state index in [0.717, 1.165) is 0 Å². The Morgan fingerprint density at radius 1 is 1.10 bits per heavy atom. The first-order valence-electron chi connectivity index (χ1n) is 7.75. The molecule has 0 spiro atoms. The van der Waals surface area contributed by atoms with Gasteiger partial charge in [0.2, 0.25) is 0 Å². The van der Waals surface area contributed by atoms with Crippen LogP contribution in [0.1, 0.15) is 54.0 Å². The normalized spacial score (nSPS) is 16.6. The molecule has 0 amide bonds. The Hall–Kier alpha value is -1.44. The predicted molar refractivity (Wildman–Crippen MR) is 93.9 cm³/mol. The Balaban J connectivity index is 0.000000829. The molecule has 2 heteroatoms. The van der Waals surface area contributed by atoms with E-state index in [1.54, 1.807) is 0 Å². The molecular formula is C18H32N2. The van der Waals surface area contributed by atoms with Gasteiger partial charge in [-0.05, 0) is 30.7 Å². The van der Waals surface area contributed by atoms with Gasteiger partial charge in [0.15, 0.2) is 0 Å². The van der Waals surface area contributed by atoms with Gasteiger partial charge in [-0.3, -0.25) is 0 Å². The van der Waals surface area contributed by atoms with Gasteiger partial charge in [0.25, 0.3) is 0 Å². The number of fused-ring (bicyclic) bond motifs is 1. The van der Waals surface area contributed by atoms with Gasteiger partial charge in [-0.25, -0.2) is 0 Å². The van der Waals surface area contributed by atoms with E-state index in [4.69, 9.17) is 0 Å². The maximum Gasteiger partial charge on any atom is 0.0449 e. The van der Waals surface area contributed by atoms with Crippen LogP contribution in [0.5, 0.6) is 0 Å². The number of allylic oxidation sites excluding steroid dienone is 2. The average Bonchev–Trinajstić information content (AvgIpc) is 2.69. The van der Waals surface area contributed by atoms with Gasteiger partial charge < -0.3 is 10.2 Å². The summed E-state index contributed by atoms with van der Waals surface area (Å²) >= 11 is 0. The molecule has 0 saturated heterocycles. The van der Waals surface area contributed by atoms with Crippen LogP contribution in [0.25, 0.3) is 0 Å². The van der Waals surface area contributed by atoms with Gasteiger partial charge in [-0.15, -0.1) is 0 Å². The number of likely N-dealkylation sites (N-methyl/N-ethyl adjacent to an activating group) is 1. The Kier molecular flexibility index (Phi) is 7.41. The molecule has 1 aliphatic heterocycles. The zero-order chi connectivity index (χ0) is 15.9. The predicted octanol–water partition coefficient (Wildman–Crippen LogP) is 5.41. The molecule has 1 heterocycles. The summed E-state index contributed by atoms with van der Waals surface area (Å²) in [7, 11) is 4.10. The third-order valence-corrected chi connectivity index (χ3v) is 3.60. The van der Waals surface area contributed by atoms with Crippen LogP contribution in [0.3, 0.4) is 0 Å². The zero-order valence-corrected chi connectivity index (χ0v) is 14.8. The summed E-state index contributed by atoms with van der Waals surface area (Å²) in [6.07, 6.45) is 2.21. The van der Waals surface area contributed by atoms with E-state index in [1.165, 1.54) is 22.6 Å². The Labute approximate surface area is 125 Å². The minimum Gasteiger partial charge on any atom is -0.388 e. The molecule has 2 rings (SSSR count). The largest absolute Gasteiger partial charge is 0.388 e.